The van der Waals surface area contributed by atoms with Crippen LogP contribution in [0.25, 0.3) is 0 Å². The van der Waals surface area contributed by atoms with Crippen LogP contribution in [0.15, 0.2) is 18.3 Å². The van der Waals surface area contributed by atoms with Crippen molar-refractivity contribution in [2.75, 3.05) is 18.0 Å². The normalized spacial score (nSPS) is 17.4. The van der Waals surface area contributed by atoms with Crippen molar-refractivity contribution in [1.29, 1.82) is 5.41 Å². The number of aliphatic hydroxyl groups is 1. The van der Waals surface area contributed by atoms with E-state index in [-0.39, 0.29) is 11.9 Å². The molecule has 0 radical (unpaired) electrons. The Morgan fingerprint density at radius 3 is 2.81 bits per heavy atom. The summed E-state index contributed by atoms with van der Waals surface area (Å²) in [6, 6.07) is 3.58. The first kappa shape index (κ1) is 10.9. The quantitative estimate of drug-likeness (QED) is 0.495. The first-order valence-corrected chi connectivity index (χ1v) is 5.41. The van der Waals surface area contributed by atoms with Gasteiger partial charge in [0.2, 0.25) is 0 Å². The van der Waals surface area contributed by atoms with E-state index in [4.69, 9.17) is 11.1 Å². The van der Waals surface area contributed by atoms with Gasteiger partial charge < -0.3 is 15.7 Å². The van der Waals surface area contributed by atoms with E-state index in [9.17, 15) is 5.11 Å². The largest absolute Gasteiger partial charge is 0.393 e. The van der Waals surface area contributed by atoms with Crippen LogP contribution >= 0.6 is 0 Å². The predicted octanol–water partition coefficient (Wildman–Crippen LogP) is 0.327. The Hall–Kier alpha value is -1.62. The highest BCUT2D eigenvalue weighted by Gasteiger charge is 2.20. The molecule has 0 saturated carbocycles. The van der Waals surface area contributed by atoms with E-state index < -0.39 is 0 Å². The Morgan fingerprint density at radius 2 is 2.19 bits per heavy atom. The summed E-state index contributed by atoms with van der Waals surface area (Å²) >= 11 is 0. The Morgan fingerprint density at radius 1 is 1.50 bits per heavy atom. The fourth-order valence-electron chi connectivity index (χ4n) is 1.94. The smallest absolute Gasteiger partial charge is 0.139 e. The van der Waals surface area contributed by atoms with Crippen molar-refractivity contribution < 1.29 is 5.11 Å². The number of nitrogens with two attached hydrogens (primary N) is 1. The first-order chi connectivity index (χ1) is 7.68. The third kappa shape index (κ3) is 2.14. The van der Waals surface area contributed by atoms with Crippen molar-refractivity contribution >= 4 is 11.7 Å². The fraction of sp³-hybridized carbons (Fsp3) is 0.455. The van der Waals surface area contributed by atoms with Gasteiger partial charge in [0.05, 0.1) is 11.7 Å². The van der Waals surface area contributed by atoms with Crippen molar-refractivity contribution in [3.05, 3.63) is 23.9 Å². The van der Waals surface area contributed by atoms with Crippen LogP contribution in [0.2, 0.25) is 0 Å². The van der Waals surface area contributed by atoms with Gasteiger partial charge in [-0.1, -0.05) is 0 Å². The molecule has 0 bridgehead atoms. The molecule has 0 atom stereocenters. The lowest BCUT2D eigenvalue weighted by Gasteiger charge is -2.31. The fourth-order valence-corrected chi connectivity index (χ4v) is 1.94. The van der Waals surface area contributed by atoms with Gasteiger partial charge in [-0.3, -0.25) is 5.41 Å². The maximum Gasteiger partial charge on any atom is 0.139 e. The molecule has 0 aromatic carbocycles. The molecule has 86 valence electrons. The minimum Gasteiger partial charge on any atom is -0.393 e. The summed E-state index contributed by atoms with van der Waals surface area (Å²) in [5, 5.41) is 16.9. The summed E-state index contributed by atoms with van der Waals surface area (Å²) in [7, 11) is 0. The zero-order valence-corrected chi connectivity index (χ0v) is 9.06. The second kappa shape index (κ2) is 4.49. The Kier molecular flexibility index (Phi) is 3.05. The van der Waals surface area contributed by atoms with E-state index in [1.807, 2.05) is 0 Å². The van der Waals surface area contributed by atoms with Gasteiger partial charge in [-0.05, 0) is 25.0 Å². The van der Waals surface area contributed by atoms with Gasteiger partial charge in [0.1, 0.15) is 11.7 Å². The standard InChI is InChI=1S/C11H16N4O/c12-10(13)9-2-1-5-14-11(9)15-6-3-8(16)4-7-15/h1-2,5,8,16H,3-4,6-7H2,(H3,12,13). The molecule has 0 amide bonds. The second-order valence-electron chi connectivity index (χ2n) is 4.01. The average molecular weight is 220 g/mol. The number of nitrogens with zero attached hydrogens (tertiary/aromatic N) is 2. The topological polar surface area (TPSA) is 86.2 Å². The minimum atomic E-state index is -0.208. The first-order valence-electron chi connectivity index (χ1n) is 5.41. The monoisotopic (exact) mass is 220 g/mol. The third-order valence-electron chi connectivity index (χ3n) is 2.84. The molecule has 0 spiro atoms. The van der Waals surface area contributed by atoms with Crippen LogP contribution in [0.4, 0.5) is 5.82 Å². The molecule has 0 unspecified atom stereocenters. The molecular formula is C11H16N4O. The number of piperidine rings is 1. The van der Waals surface area contributed by atoms with E-state index in [2.05, 4.69) is 9.88 Å². The van der Waals surface area contributed by atoms with Crippen LogP contribution in [0.1, 0.15) is 18.4 Å². The highest BCUT2D eigenvalue weighted by Crippen LogP contribution is 2.21. The van der Waals surface area contributed by atoms with Crippen LogP contribution in [0.3, 0.4) is 0 Å². The van der Waals surface area contributed by atoms with E-state index in [1.165, 1.54) is 0 Å². The van der Waals surface area contributed by atoms with Gasteiger partial charge in [0.15, 0.2) is 0 Å². The summed E-state index contributed by atoms with van der Waals surface area (Å²) in [4.78, 5) is 6.34. The number of anilines is 1. The summed E-state index contributed by atoms with van der Waals surface area (Å²) in [5.41, 5.74) is 6.18. The number of amidine groups is 1. The lowest BCUT2D eigenvalue weighted by Crippen LogP contribution is -2.37. The summed E-state index contributed by atoms with van der Waals surface area (Å²) in [6.07, 6.45) is 2.98. The van der Waals surface area contributed by atoms with Crippen molar-refractivity contribution in [3.63, 3.8) is 0 Å². The molecule has 1 aliphatic heterocycles. The third-order valence-corrected chi connectivity index (χ3v) is 2.84. The number of hydrogen-bond acceptors (Lipinski definition) is 4. The van der Waals surface area contributed by atoms with Crippen LogP contribution in [-0.4, -0.2) is 35.1 Å². The summed E-state index contributed by atoms with van der Waals surface area (Å²) < 4.78 is 0. The summed E-state index contributed by atoms with van der Waals surface area (Å²) in [5.74, 6) is 0.788. The highest BCUT2D eigenvalue weighted by molar-refractivity contribution is 5.99. The number of hydrogen-bond donors (Lipinski definition) is 3. The van der Waals surface area contributed by atoms with E-state index in [0.29, 0.717) is 5.56 Å². The zero-order chi connectivity index (χ0) is 11.5. The van der Waals surface area contributed by atoms with Gasteiger partial charge in [0, 0.05) is 19.3 Å². The Bertz CT molecular complexity index is 385. The molecule has 16 heavy (non-hydrogen) atoms. The van der Waals surface area contributed by atoms with Crippen LogP contribution in [0, 0.1) is 5.41 Å². The number of pyridine rings is 1. The van der Waals surface area contributed by atoms with E-state index in [0.717, 1.165) is 31.7 Å². The highest BCUT2D eigenvalue weighted by atomic mass is 16.3. The number of nitrogens with one attached hydrogen (secondary N) is 1. The SMILES string of the molecule is N=C(N)c1cccnc1N1CCC(O)CC1. The molecule has 1 aromatic heterocycles. The van der Waals surface area contributed by atoms with E-state index >= 15 is 0 Å². The lowest BCUT2D eigenvalue weighted by molar-refractivity contribution is 0.145. The maximum atomic E-state index is 9.44. The van der Waals surface area contributed by atoms with Crippen molar-refractivity contribution in [3.8, 4) is 0 Å². The molecule has 4 N–H and O–H groups in total. The Balaban J connectivity index is 2.23. The average Bonchev–Trinajstić information content (AvgIpc) is 2.30. The number of aromatic nitrogens is 1. The van der Waals surface area contributed by atoms with Crippen molar-refractivity contribution in [2.24, 2.45) is 5.73 Å². The molecule has 1 aliphatic rings. The number of nitrogen functional groups attached to an aromatic ring is 1. The van der Waals surface area contributed by atoms with Gasteiger partial charge in [-0.25, -0.2) is 4.98 Å². The maximum absolute atomic E-state index is 9.44. The second-order valence-corrected chi connectivity index (χ2v) is 4.01. The van der Waals surface area contributed by atoms with Crippen molar-refractivity contribution in [2.45, 2.75) is 18.9 Å². The molecule has 5 heteroatoms. The molecule has 0 aliphatic carbocycles. The Labute approximate surface area is 94.4 Å². The summed E-state index contributed by atoms with van der Waals surface area (Å²) in [6.45, 7) is 1.52. The minimum absolute atomic E-state index is 0.0363. The number of aliphatic hydroxyl groups excluding tert-OH is 1. The van der Waals surface area contributed by atoms with Gasteiger partial charge in [0.25, 0.3) is 0 Å². The molecule has 5 nitrogen and oxygen atoms in total. The molecule has 1 saturated heterocycles. The molecular weight excluding hydrogens is 204 g/mol. The van der Waals surface area contributed by atoms with Gasteiger partial charge >= 0.3 is 0 Å². The molecule has 1 fully saturated rings. The zero-order valence-electron chi connectivity index (χ0n) is 9.06. The molecule has 1 aromatic rings. The van der Waals surface area contributed by atoms with Crippen LogP contribution in [-0.2, 0) is 0 Å². The van der Waals surface area contributed by atoms with Crippen LogP contribution in [0.5, 0.6) is 0 Å². The predicted molar refractivity (Wildman–Crippen MR) is 62.7 cm³/mol. The van der Waals surface area contributed by atoms with Gasteiger partial charge in [-0.2, -0.15) is 0 Å². The van der Waals surface area contributed by atoms with Crippen LogP contribution < -0.4 is 10.6 Å². The number of rotatable bonds is 2. The molecule has 2 rings (SSSR count). The van der Waals surface area contributed by atoms with Crippen molar-refractivity contribution in [1.82, 2.24) is 4.98 Å². The lowest BCUT2D eigenvalue weighted by atomic mass is 10.1. The van der Waals surface area contributed by atoms with E-state index in [1.54, 1.807) is 18.3 Å². The molecule has 2 heterocycles. The van der Waals surface area contributed by atoms with Gasteiger partial charge in [-0.15, -0.1) is 0 Å².